The number of ether oxygens (including phenoxy) is 1. The molecule has 0 aliphatic heterocycles. The van der Waals surface area contributed by atoms with Gasteiger partial charge in [-0.3, -0.25) is 0 Å². The zero-order valence-corrected chi connectivity index (χ0v) is 14.2. The van der Waals surface area contributed by atoms with Gasteiger partial charge in [0.05, 0.1) is 12.7 Å². The van der Waals surface area contributed by atoms with Crippen molar-refractivity contribution >= 4 is 0 Å². The Morgan fingerprint density at radius 3 is 2.40 bits per heavy atom. The maximum Gasteiger partial charge on any atom is 0.0897 e. The summed E-state index contributed by atoms with van der Waals surface area (Å²) in [6, 6.07) is 0. The molecule has 122 valence electrons. The van der Waals surface area contributed by atoms with Crippen LogP contribution in [0.25, 0.3) is 0 Å². The summed E-state index contributed by atoms with van der Waals surface area (Å²) in [6.07, 6.45) is 6.99. The van der Waals surface area contributed by atoms with Crippen LogP contribution < -0.4 is 5.32 Å². The van der Waals surface area contributed by atoms with Crippen molar-refractivity contribution in [2.75, 3.05) is 26.3 Å². The van der Waals surface area contributed by atoms with Crippen molar-refractivity contribution < 1.29 is 9.84 Å². The van der Waals surface area contributed by atoms with E-state index in [1.807, 2.05) is 0 Å². The summed E-state index contributed by atoms with van der Waals surface area (Å²) in [7, 11) is 0. The highest BCUT2D eigenvalue weighted by molar-refractivity contribution is 4.61. The molecule has 0 saturated carbocycles. The molecule has 0 heterocycles. The molecule has 0 aromatic heterocycles. The Kier molecular flexibility index (Phi) is 13.8. The van der Waals surface area contributed by atoms with Crippen LogP contribution in [-0.4, -0.2) is 37.5 Å². The number of hydrogen-bond donors (Lipinski definition) is 2. The lowest BCUT2D eigenvalue weighted by Crippen LogP contribution is -2.31. The minimum absolute atomic E-state index is 0.377. The first-order valence-electron chi connectivity index (χ1n) is 8.56. The molecule has 2 unspecified atom stereocenters. The highest BCUT2D eigenvalue weighted by Crippen LogP contribution is 2.12. The molecule has 0 rings (SSSR count). The molecule has 0 aromatic carbocycles. The number of hydrogen-bond acceptors (Lipinski definition) is 3. The third-order valence-electron chi connectivity index (χ3n) is 3.72. The van der Waals surface area contributed by atoms with Crippen molar-refractivity contribution in [3.8, 4) is 0 Å². The van der Waals surface area contributed by atoms with Crippen molar-refractivity contribution in [3.05, 3.63) is 0 Å². The fraction of sp³-hybridized carbons (Fsp3) is 1.00. The second-order valence-corrected chi connectivity index (χ2v) is 6.35. The van der Waals surface area contributed by atoms with Crippen LogP contribution in [0.15, 0.2) is 0 Å². The zero-order valence-electron chi connectivity index (χ0n) is 14.2. The monoisotopic (exact) mass is 287 g/mol. The van der Waals surface area contributed by atoms with Crippen molar-refractivity contribution in [3.63, 3.8) is 0 Å². The highest BCUT2D eigenvalue weighted by atomic mass is 16.5. The summed E-state index contributed by atoms with van der Waals surface area (Å²) in [5.41, 5.74) is 0. The van der Waals surface area contributed by atoms with Gasteiger partial charge in [-0.25, -0.2) is 0 Å². The van der Waals surface area contributed by atoms with E-state index in [4.69, 9.17) is 4.74 Å². The molecule has 20 heavy (non-hydrogen) atoms. The molecule has 0 fully saturated rings. The molecule has 3 nitrogen and oxygen atoms in total. The molecule has 3 heteroatoms. The van der Waals surface area contributed by atoms with E-state index in [1.54, 1.807) is 0 Å². The smallest absolute Gasteiger partial charge is 0.0897 e. The first-order chi connectivity index (χ1) is 9.60. The van der Waals surface area contributed by atoms with Gasteiger partial charge in [0.1, 0.15) is 0 Å². The van der Waals surface area contributed by atoms with Crippen molar-refractivity contribution in [2.24, 2.45) is 11.8 Å². The van der Waals surface area contributed by atoms with Crippen LogP contribution in [0.3, 0.4) is 0 Å². The lowest BCUT2D eigenvalue weighted by Gasteiger charge is -2.17. The van der Waals surface area contributed by atoms with E-state index < -0.39 is 0 Å². The molecule has 0 bridgehead atoms. The van der Waals surface area contributed by atoms with E-state index in [0.717, 1.165) is 19.1 Å². The van der Waals surface area contributed by atoms with Gasteiger partial charge in [0, 0.05) is 13.2 Å². The summed E-state index contributed by atoms with van der Waals surface area (Å²) in [4.78, 5) is 0. The second-order valence-electron chi connectivity index (χ2n) is 6.35. The largest absolute Gasteiger partial charge is 0.389 e. The highest BCUT2D eigenvalue weighted by Gasteiger charge is 2.08. The van der Waals surface area contributed by atoms with Crippen molar-refractivity contribution in [1.82, 2.24) is 5.32 Å². The van der Waals surface area contributed by atoms with Crippen molar-refractivity contribution in [1.29, 1.82) is 0 Å². The number of aliphatic hydroxyl groups is 1. The zero-order chi connectivity index (χ0) is 15.2. The Labute approximate surface area is 126 Å². The fourth-order valence-electron chi connectivity index (χ4n) is 2.23. The van der Waals surface area contributed by atoms with Gasteiger partial charge in [0.25, 0.3) is 0 Å². The Balaban J connectivity index is 3.44. The molecule has 0 saturated heterocycles. The topological polar surface area (TPSA) is 41.5 Å². The molecule has 0 aliphatic carbocycles. The number of nitrogens with one attached hydrogen (secondary N) is 1. The average Bonchev–Trinajstić information content (AvgIpc) is 2.41. The molecule has 2 N–H and O–H groups in total. The van der Waals surface area contributed by atoms with E-state index in [0.29, 0.717) is 19.1 Å². The van der Waals surface area contributed by atoms with Crippen LogP contribution in [-0.2, 0) is 4.74 Å². The van der Waals surface area contributed by atoms with E-state index in [9.17, 15) is 5.11 Å². The van der Waals surface area contributed by atoms with Crippen LogP contribution >= 0.6 is 0 Å². The first kappa shape index (κ1) is 19.9. The van der Waals surface area contributed by atoms with Crippen LogP contribution in [0.4, 0.5) is 0 Å². The summed E-state index contributed by atoms with van der Waals surface area (Å²) < 4.78 is 5.65. The Morgan fingerprint density at radius 2 is 1.80 bits per heavy atom. The van der Waals surface area contributed by atoms with Gasteiger partial charge in [0.2, 0.25) is 0 Å². The standard InChI is InChI=1S/C17H37NO2/c1-5-7-10-16(6-2)13-20-14-17(19)12-18-11-8-9-15(3)4/h15-19H,5-14H2,1-4H3. The minimum Gasteiger partial charge on any atom is -0.389 e. The maximum atomic E-state index is 9.83. The summed E-state index contributed by atoms with van der Waals surface area (Å²) >= 11 is 0. The Hall–Kier alpha value is -0.120. The van der Waals surface area contributed by atoms with Gasteiger partial charge in [-0.1, -0.05) is 47.0 Å². The Bertz CT molecular complexity index is 197. The van der Waals surface area contributed by atoms with Gasteiger partial charge in [-0.2, -0.15) is 0 Å². The van der Waals surface area contributed by atoms with E-state index >= 15 is 0 Å². The third-order valence-corrected chi connectivity index (χ3v) is 3.72. The van der Waals surface area contributed by atoms with Crippen LogP contribution in [0.1, 0.15) is 66.2 Å². The van der Waals surface area contributed by atoms with Crippen LogP contribution in [0, 0.1) is 11.8 Å². The van der Waals surface area contributed by atoms with Gasteiger partial charge >= 0.3 is 0 Å². The minimum atomic E-state index is -0.377. The third kappa shape index (κ3) is 12.9. The summed E-state index contributed by atoms with van der Waals surface area (Å²) in [6.45, 7) is 11.8. The maximum absolute atomic E-state index is 9.83. The van der Waals surface area contributed by atoms with Gasteiger partial charge in [0.15, 0.2) is 0 Å². The van der Waals surface area contributed by atoms with Gasteiger partial charge < -0.3 is 15.2 Å². The van der Waals surface area contributed by atoms with E-state index in [1.165, 1.54) is 38.5 Å². The molecule has 0 spiro atoms. The molecule has 0 aromatic rings. The van der Waals surface area contributed by atoms with E-state index in [2.05, 4.69) is 33.0 Å². The predicted molar refractivity (Wildman–Crippen MR) is 87.1 cm³/mol. The molecule has 0 amide bonds. The van der Waals surface area contributed by atoms with Gasteiger partial charge in [-0.05, 0) is 37.6 Å². The predicted octanol–water partition coefficient (Wildman–Crippen LogP) is 3.61. The summed E-state index contributed by atoms with van der Waals surface area (Å²) in [5.74, 6) is 1.42. The van der Waals surface area contributed by atoms with Gasteiger partial charge in [-0.15, -0.1) is 0 Å². The molecule has 0 radical (unpaired) electrons. The number of aliphatic hydroxyl groups excluding tert-OH is 1. The van der Waals surface area contributed by atoms with Crippen molar-refractivity contribution in [2.45, 2.75) is 72.3 Å². The van der Waals surface area contributed by atoms with E-state index in [-0.39, 0.29) is 6.10 Å². The SMILES string of the molecule is CCCCC(CC)COCC(O)CNCCCC(C)C. The first-order valence-corrected chi connectivity index (χ1v) is 8.56. The average molecular weight is 287 g/mol. The summed E-state index contributed by atoms with van der Waals surface area (Å²) in [5, 5.41) is 13.1. The Morgan fingerprint density at radius 1 is 1.05 bits per heavy atom. The number of unbranched alkanes of at least 4 members (excludes halogenated alkanes) is 1. The molecular weight excluding hydrogens is 250 g/mol. The normalized spacial score (nSPS) is 14.7. The lowest BCUT2D eigenvalue weighted by molar-refractivity contribution is 0.0194. The fourth-order valence-corrected chi connectivity index (χ4v) is 2.23. The second kappa shape index (κ2) is 13.8. The molecule has 0 aliphatic rings. The van der Waals surface area contributed by atoms with Crippen LogP contribution in [0.2, 0.25) is 0 Å². The number of rotatable bonds is 14. The molecular formula is C17H37NO2. The molecule has 2 atom stereocenters. The lowest BCUT2D eigenvalue weighted by atomic mass is 10.0. The van der Waals surface area contributed by atoms with Crippen LogP contribution in [0.5, 0.6) is 0 Å². The quantitative estimate of drug-likeness (QED) is 0.480.